The first-order valence-electron chi connectivity index (χ1n) is 2.71. The molecule has 2 heteroatoms. The molecule has 0 spiro atoms. The molecule has 0 unspecified atom stereocenters. The molecular weight excluding hydrogens is 90.1 g/mol. The van der Waals surface area contributed by atoms with Crippen molar-refractivity contribution in [3.8, 4) is 0 Å². The van der Waals surface area contributed by atoms with Crippen molar-refractivity contribution in [1.29, 1.82) is 0 Å². The second kappa shape index (κ2) is 1.80. The molecule has 0 bridgehead atoms. The molecule has 2 nitrogen and oxygen atoms in total. The Bertz CT molecular complexity index is 63.1. The number of hydrogen-bond donors (Lipinski definition) is 1. The Morgan fingerprint density at radius 1 is 1.86 bits per heavy atom. The molecule has 0 aromatic rings. The molecule has 2 atom stereocenters. The van der Waals surface area contributed by atoms with E-state index >= 15 is 0 Å². The Morgan fingerprint density at radius 2 is 2.57 bits per heavy atom. The van der Waals surface area contributed by atoms with Crippen LogP contribution in [0.1, 0.15) is 13.3 Å². The molecule has 2 N–H and O–H groups in total. The molecule has 1 aliphatic heterocycles. The van der Waals surface area contributed by atoms with E-state index in [-0.39, 0.29) is 0 Å². The van der Waals surface area contributed by atoms with Crippen molar-refractivity contribution >= 4 is 0 Å². The Hall–Kier alpha value is -0.0800. The first-order valence-corrected chi connectivity index (χ1v) is 2.71. The van der Waals surface area contributed by atoms with E-state index in [4.69, 9.17) is 10.5 Å². The van der Waals surface area contributed by atoms with Crippen LogP contribution < -0.4 is 5.73 Å². The molecule has 42 valence electrons. The molecule has 1 heterocycles. The summed E-state index contributed by atoms with van der Waals surface area (Å²) in [5.41, 5.74) is 5.51. The maximum atomic E-state index is 5.51. The molecule has 0 aromatic heterocycles. The SMILES string of the molecule is CC[C@H]1OC[C@H]1N. The van der Waals surface area contributed by atoms with E-state index in [9.17, 15) is 0 Å². The molecule has 0 aromatic carbocycles. The third-order valence-electron chi connectivity index (χ3n) is 1.38. The highest BCUT2D eigenvalue weighted by atomic mass is 16.5. The summed E-state index contributed by atoms with van der Waals surface area (Å²) in [5.74, 6) is 0. The highest BCUT2D eigenvalue weighted by Crippen LogP contribution is 2.12. The van der Waals surface area contributed by atoms with E-state index in [0.29, 0.717) is 12.1 Å². The lowest BCUT2D eigenvalue weighted by atomic mass is 10.1. The average molecular weight is 101 g/mol. The molecule has 1 rings (SSSR count). The van der Waals surface area contributed by atoms with Crippen LogP contribution in [0.2, 0.25) is 0 Å². The second-order valence-electron chi connectivity index (χ2n) is 1.94. The Morgan fingerprint density at radius 3 is 2.57 bits per heavy atom. The summed E-state index contributed by atoms with van der Waals surface area (Å²) in [5, 5.41) is 0. The fourth-order valence-electron chi connectivity index (χ4n) is 0.764. The summed E-state index contributed by atoms with van der Waals surface area (Å²) < 4.78 is 5.07. The smallest absolute Gasteiger partial charge is 0.0746 e. The Kier molecular flexibility index (Phi) is 1.30. The van der Waals surface area contributed by atoms with Crippen molar-refractivity contribution < 1.29 is 4.74 Å². The number of nitrogens with two attached hydrogens (primary N) is 1. The highest BCUT2D eigenvalue weighted by molar-refractivity contribution is 4.79. The molecule has 0 saturated carbocycles. The minimum Gasteiger partial charge on any atom is -0.375 e. The predicted molar refractivity (Wildman–Crippen MR) is 28.0 cm³/mol. The standard InChI is InChI=1S/C5H11NO/c1-2-5-4(6)3-7-5/h4-5H,2-3,6H2,1H3/t4-,5-/m1/s1. The zero-order valence-electron chi connectivity index (χ0n) is 4.55. The van der Waals surface area contributed by atoms with Gasteiger partial charge in [-0.3, -0.25) is 0 Å². The van der Waals surface area contributed by atoms with Gasteiger partial charge in [0.2, 0.25) is 0 Å². The van der Waals surface area contributed by atoms with Crippen molar-refractivity contribution in [1.82, 2.24) is 0 Å². The van der Waals surface area contributed by atoms with Crippen LogP contribution in [0.15, 0.2) is 0 Å². The van der Waals surface area contributed by atoms with Crippen molar-refractivity contribution in [3.05, 3.63) is 0 Å². The number of rotatable bonds is 1. The van der Waals surface area contributed by atoms with Gasteiger partial charge >= 0.3 is 0 Å². The summed E-state index contributed by atoms with van der Waals surface area (Å²) in [6.45, 7) is 2.85. The van der Waals surface area contributed by atoms with Gasteiger partial charge < -0.3 is 10.5 Å². The molecule has 0 aliphatic carbocycles. The van der Waals surface area contributed by atoms with Gasteiger partial charge in [-0.25, -0.2) is 0 Å². The lowest BCUT2D eigenvalue weighted by Crippen LogP contribution is -2.50. The second-order valence-corrected chi connectivity index (χ2v) is 1.94. The maximum absolute atomic E-state index is 5.51. The van der Waals surface area contributed by atoms with Crippen LogP contribution in [0.25, 0.3) is 0 Å². The van der Waals surface area contributed by atoms with Crippen molar-refractivity contribution in [2.75, 3.05) is 6.61 Å². The van der Waals surface area contributed by atoms with Crippen LogP contribution in [-0.4, -0.2) is 18.8 Å². The van der Waals surface area contributed by atoms with Gasteiger partial charge in [0.15, 0.2) is 0 Å². The Balaban J connectivity index is 2.16. The average Bonchev–Trinajstić information content (AvgIpc) is 1.65. The zero-order valence-corrected chi connectivity index (χ0v) is 4.55. The largest absolute Gasteiger partial charge is 0.375 e. The lowest BCUT2D eigenvalue weighted by Gasteiger charge is -2.32. The van der Waals surface area contributed by atoms with E-state index in [1.54, 1.807) is 0 Å². The van der Waals surface area contributed by atoms with Crippen LogP contribution in [0.5, 0.6) is 0 Å². The van der Waals surface area contributed by atoms with Gasteiger partial charge in [-0.15, -0.1) is 0 Å². The first-order chi connectivity index (χ1) is 3.34. The van der Waals surface area contributed by atoms with Crippen LogP contribution >= 0.6 is 0 Å². The van der Waals surface area contributed by atoms with Crippen LogP contribution in [-0.2, 0) is 4.74 Å². The summed E-state index contributed by atoms with van der Waals surface area (Å²) in [4.78, 5) is 0. The molecule has 0 radical (unpaired) electrons. The lowest BCUT2D eigenvalue weighted by molar-refractivity contribution is -0.0735. The Labute approximate surface area is 43.6 Å². The quantitative estimate of drug-likeness (QED) is 0.509. The minimum atomic E-state index is 0.324. The minimum absolute atomic E-state index is 0.324. The summed E-state index contributed by atoms with van der Waals surface area (Å²) in [6, 6.07) is 0.324. The van der Waals surface area contributed by atoms with E-state index < -0.39 is 0 Å². The van der Waals surface area contributed by atoms with Crippen LogP contribution in [0.4, 0.5) is 0 Å². The fourth-order valence-corrected chi connectivity index (χ4v) is 0.764. The number of ether oxygens (including phenoxy) is 1. The molecule has 0 amide bonds. The molecule has 1 aliphatic rings. The maximum Gasteiger partial charge on any atom is 0.0746 e. The van der Waals surface area contributed by atoms with Crippen LogP contribution in [0.3, 0.4) is 0 Å². The third kappa shape index (κ3) is 0.763. The van der Waals surface area contributed by atoms with Gasteiger partial charge in [0.05, 0.1) is 18.8 Å². The zero-order chi connectivity index (χ0) is 5.28. The summed E-state index contributed by atoms with van der Waals surface area (Å²) in [6.07, 6.45) is 1.42. The van der Waals surface area contributed by atoms with Gasteiger partial charge in [-0.05, 0) is 6.42 Å². The van der Waals surface area contributed by atoms with E-state index in [1.807, 2.05) is 0 Å². The summed E-state index contributed by atoms with van der Waals surface area (Å²) in [7, 11) is 0. The number of hydrogen-bond acceptors (Lipinski definition) is 2. The molecular formula is C5H11NO. The van der Waals surface area contributed by atoms with Gasteiger partial charge in [0.25, 0.3) is 0 Å². The van der Waals surface area contributed by atoms with Gasteiger partial charge in [-0.1, -0.05) is 6.92 Å². The van der Waals surface area contributed by atoms with Gasteiger partial charge in [0.1, 0.15) is 0 Å². The molecule has 1 fully saturated rings. The van der Waals surface area contributed by atoms with Crippen molar-refractivity contribution in [2.24, 2.45) is 5.73 Å². The fraction of sp³-hybridized carbons (Fsp3) is 1.00. The van der Waals surface area contributed by atoms with Gasteiger partial charge in [-0.2, -0.15) is 0 Å². The predicted octanol–water partition coefficient (Wildman–Crippen LogP) is 0.123. The normalized spacial score (nSPS) is 40.3. The topological polar surface area (TPSA) is 35.2 Å². The van der Waals surface area contributed by atoms with E-state index in [1.165, 1.54) is 0 Å². The monoisotopic (exact) mass is 101 g/mol. The first kappa shape index (κ1) is 5.06. The third-order valence-corrected chi connectivity index (χ3v) is 1.38. The van der Waals surface area contributed by atoms with E-state index in [2.05, 4.69) is 6.92 Å². The van der Waals surface area contributed by atoms with E-state index in [0.717, 1.165) is 13.0 Å². The molecule has 7 heavy (non-hydrogen) atoms. The highest BCUT2D eigenvalue weighted by Gasteiger charge is 2.25. The van der Waals surface area contributed by atoms with Gasteiger partial charge in [0, 0.05) is 0 Å². The summed E-state index contributed by atoms with van der Waals surface area (Å²) >= 11 is 0. The van der Waals surface area contributed by atoms with Crippen molar-refractivity contribution in [3.63, 3.8) is 0 Å². The molecule has 1 saturated heterocycles. The van der Waals surface area contributed by atoms with Crippen molar-refractivity contribution in [2.45, 2.75) is 25.5 Å². The van der Waals surface area contributed by atoms with Crippen LogP contribution in [0, 0.1) is 0 Å².